The summed E-state index contributed by atoms with van der Waals surface area (Å²) in [5, 5.41) is 4.24. The molecule has 3 rings (SSSR count). The maximum absolute atomic E-state index is 12.3. The topological polar surface area (TPSA) is 46.2 Å². The Hall–Kier alpha value is -2.46. The van der Waals surface area contributed by atoms with Crippen LogP contribution in [0.1, 0.15) is 15.2 Å². The zero-order chi connectivity index (χ0) is 14.8. The summed E-state index contributed by atoms with van der Waals surface area (Å²) in [6.07, 6.45) is 0. The minimum absolute atomic E-state index is 0.0952. The molecule has 104 valence electrons. The molecule has 1 amide bonds. The SMILES string of the molecule is Cc1ccc(NC(=O)c2cc3ccccc3c(=O)s2)cc1. The molecule has 3 nitrogen and oxygen atoms in total. The van der Waals surface area contributed by atoms with E-state index in [-0.39, 0.29) is 10.6 Å². The molecule has 1 aromatic heterocycles. The van der Waals surface area contributed by atoms with Crippen molar-refractivity contribution in [2.45, 2.75) is 6.92 Å². The number of hydrogen-bond donors (Lipinski definition) is 1. The van der Waals surface area contributed by atoms with Gasteiger partial charge in [0.25, 0.3) is 5.91 Å². The summed E-state index contributed by atoms with van der Waals surface area (Å²) in [5.74, 6) is -0.258. The Morgan fingerprint density at radius 1 is 1.05 bits per heavy atom. The lowest BCUT2D eigenvalue weighted by Crippen LogP contribution is -2.12. The van der Waals surface area contributed by atoms with Crippen molar-refractivity contribution in [1.29, 1.82) is 0 Å². The third-order valence-corrected chi connectivity index (χ3v) is 4.13. The van der Waals surface area contributed by atoms with Gasteiger partial charge in [-0.1, -0.05) is 47.2 Å². The summed E-state index contributed by atoms with van der Waals surface area (Å²) in [7, 11) is 0. The van der Waals surface area contributed by atoms with Gasteiger partial charge < -0.3 is 5.32 Å². The number of anilines is 1. The third kappa shape index (κ3) is 2.85. The fourth-order valence-electron chi connectivity index (χ4n) is 2.08. The van der Waals surface area contributed by atoms with Crippen LogP contribution < -0.4 is 10.1 Å². The van der Waals surface area contributed by atoms with Crippen LogP contribution in [-0.2, 0) is 0 Å². The average Bonchev–Trinajstić information content (AvgIpc) is 2.49. The third-order valence-electron chi connectivity index (χ3n) is 3.20. The smallest absolute Gasteiger partial charge is 0.265 e. The van der Waals surface area contributed by atoms with Gasteiger partial charge in [-0.05, 0) is 36.6 Å². The molecule has 21 heavy (non-hydrogen) atoms. The Bertz CT molecular complexity index is 866. The molecule has 0 aliphatic heterocycles. The van der Waals surface area contributed by atoms with Crippen molar-refractivity contribution < 1.29 is 4.79 Å². The van der Waals surface area contributed by atoms with Gasteiger partial charge in [0.15, 0.2) is 0 Å². The van der Waals surface area contributed by atoms with Crippen LogP contribution in [0.4, 0.5) is 5.69 Å². The molecule has 0 fully saturated rings. The van der Waals surface area contributed by atoms with E-state index in [0.29, 0.717) is 10.3 Å². The molecule has 1 heterocycles. The summed E-state index contributed by atoms with van der Waals surface area (Å²) in [4.78, 5) is 24.7. The number of rotatable bonds is 2. The first-order valence-electron chi connectivity index (χ1n) is 6.54. The van der Waals surface area contributed by atoms with E-state index in [1.807, 2.05) is 49.4 Å². The Morgan fingerprint density at radius 2 is 1.76 bits per heavy atom. The van der Waals surface area contributed by atoms with Gasteiger partial charge in [0.05, 0.1) is 4.88 Å². The summed E-state index contributed by atoms with van der Waals surface area (Å²) >= 11 is 0.970. The lowest BCUT2D eigenvalue weighted by Gasteiger charge is -2.05. The molecule has 4 heteroatoms. The number of fused-ring (bicyclic) bond motifs is 1. The van der Waals surface area contributed by atoms with E-state index in [4.69, 9.17) is 0 Å². The fraction of sp³-hybridized carbons (Fsp3) is 0.0588. The molecule has 0 bridgehead atoms. The molecule has 0 atom stereocenters. The standard InChI is InChI=1S/C17H13NO2S/c1-11-6-8-13(9-7-11)18-16(19)15-10-12-4-2-3-5-14(12)17(20)21-15/h2-10H,1H3,(H,18,19). The second kappa shape index (κ2) is 5.50. The predicted molar refractivity (Wildman–Crippen MR) is 87.2 cm³/mol. The lowest BCUT2D eigenvalue weighted by atomic mass is 10.2. The van der Waals surface area contributed by atoms with Crippen LogP contribution in [0.2, 0.25) is 0 Å². The minimum atomic E-state index is -0.258. The maximum Gasteiger partial charge on any atom is 0.265 e. The monoisotopic (exact) mass is 295 g/mol. The molecule has 3 aromatic rings. The van der Waals surface area contributed by atoms with Gasteiger partial charge in [-0.2, -0.15) is 0 Å². The molecular weight excluding hydrogens is 282 g/mol. The van der Waals surface area contributed by atoms with Gasteiger partial charge in [0.2, 0.25) is 4.74 Å². The summed E-state index contributed by atoms with van der Waals surface area (Å²) in [5.41, 5.74) is 1.85. The highest BCUT2D eigenvalue weighted by molar-refractivity contribution is 7.12. The van der Waals surface area contributed by atoms with Gasteiger partial charge in [-0.15, -0.1) is 0 Å². The molecule has 0 aliphatic rings. The minimum Gasteiger partial charge on any atom is -0.321 e. The van der Waals surface area contributed by atoms with Gasteiger partial charge in [-0.25, -0.2) is 0 Å². The van der Waals surface area contributed by atoms with Gasteiger partial charge in [0, 0.05) is 11.1 Å². The summed E-state index contributed by atoms with van der Waals surface area (Å²) < 4.78 is -0.0952. The van der Waals surface area contributed by atoms with E-state index < -0.39 is 0 Å². The van der Waals surface area contributed by atoms with Crippen LogP contribution >= 0.6 is 11.3 Å². The van der Waals surface area contributed by atoms with Crippen LogP contribution in [-0.4, -0.2) is 5.91 Å². The quantitative estimate of drug-likeness (QED) is 0.781. The second-order valence-electron chi connectivity index (χ2n) is 4.81. The van der Waals surface area contributed by atoms with Crippen LogP contribution in [0.15, 0.2) is 59.4 Å². The zero-order valence-corrected chi connectivity index (χ0v) is 12.2. The van der Waals surface area contributed by atoms with E-state index in [0.717, 1.165) is 28.0 Å². The molecule has 1 N–H and O–H groups in total. The van der Waals surface area contributed by atoms with Crippen LogP contribution in [0.5, 0.6) is 0 Å². The normalized spacial score (nSPS) is 10.5. The molecule has 2 aromatic carbocycles. The molecular formula is C17H13NO2S. The highest BCUT2D eigenvalue weighted by Crippen LogP contribution is 2.17. The summed E-state index contributed by atoms with van der Waals surface area (Å²) in [6.45, 7) is 1.99. The second-order valence-corrected chi connectivity index (χ2v) is 5.82. The maximum atomic E-state index is 12.3. The molecule has 0 spiro atoms. The van der Waals surface area contributed by atoms with Crippen molar-refractivity contribution in [1.82, 2.24) is 0 Å². The molecule has 0 saturated heterocycles. The van der Waals surface area contributed by atoms with Gasteiger partial charge in [0.1, 0.15) is 0 Å². The van der Waals surface area contributed by atoms with Crippen molar-refractivity contribution in [2.75, 3.05) is 5.32 Å². The molecule has 0 saturated carbocycles. The van der Waals surface area contributed by atoms with Crippen molar-refractivity contribution in [3.63, 3.8) is 0 Å². The molecule has 0 aliphatic carbocycles. The lowest BCUT2D eigenvalue weighted by molar-refractivity contribution is 0.103. The Kier molecular flexibility index (Phi) is 3.54. The largest absolute Gasteiger partial charge is 0.321 e. The molecule has 0 radical (unpaired) electrons. The van der Waals surface area contributed by atoms with E-state index in [1.165, 1.54) is 0 Å². The zero-order valence-electron chi connectivity index (χ0n) is 11.4. The van der Waals surface area contributed by atoms with E-state index in [1.54, 1.807) is 12.1 Å². The summed E-state index contributed by atoms with van der Waals surface area (Å²) in [6, 6.07) is 16.6. The number of amides is 1. The Balaban J connectivity index is 1.94. The first-order valence-corrected chi connectivity index (χ1v) is 7.36. The highest BCUT2D eigenvalue weighted by atomic mass is 32.1. The number of benzene rings is 2. The van der Waals surface area contributed by atoms with E-state index in [9.17, 15) is 9.59 Å². The Labute approximate surface area is 125 Å². The predicted octanol–water partition coefficient (Wildman–Crippen LogP) is 3.82. The van der Waals surface area contributed by atoms with Gasteiger partial charge >= 0.3 is 0 Å². The first kappa shape index (κ1) is 13.5. The van der Waals surface area contributed by atoms with Gasteiger partial charge in [-0.3, -0.25) is 9.59 Å². The van der Waals surface area contributed by atoms with Crippen molar-refractivity contribution in [2.24, 2.45) is 0 Å². The highest BCUT2D eigenvalue weighted by Gasteiger charge is 2.10. The number of carbonyl (C=O) groups excluding carboxylic acids is 1. The Morgan fingerprint density at radius 3 is 2.52 bits per heavy atom. The van der Waals surface area contributed by atoms with E-state index in [2.05, 4.69) is 5.32 Å². The number of aryl methyl sites for hydroxylation is 1. The number of hydrogen-bond acceptors (Lipinski definition) is 3. The molecule has 0 unspecified atom stereocenters. The fourth-order valence-corrected chi connectivity index (χ4v) is 2.90. The van der Waals surface area contributed by atoms with Crippen molar-refractivity contribution in [3.05, 3.63) is 74.6 Å². The van der Waals surface area contributed by atoms with Crippen LogP contribution in [0.3, 0.4) is 0 Å². The number of carbonyl (C=O) groups is 1. The average molecular weight is 295 g/mol. The first-order chi connectivity index (χ1) is 10.1. The van der Waals surface area contributed by atoms with Crippen LogP contribution in [0, 0.1) is 6.92 Å². The van der Waals surface area contributed by atoms with Crippen molar-refractivity contribution in [3.8, 4) is 0 Å². The van der Waals surface area contributed by atoms with Crippen LogP contribution in [0.25, 0.3) is 10.8 Å². The van der Waals surface area contributed by atoms with E-state index >= 15 is 0 Å². The number of nitrogens with one attached hydrogen (secondary N) is 1. The van der Waals surface area contributed by atoms with Crippen molar-refractivity contribution >= 4 is 33.7 Å².